The minimum absolute atomic E-state index is 0.117. The van der Waals surface area contributed by atoms with E-state index in [1.807, 2.05) is 11.0 Å². The number of rotatable bonds is 5. The molecule has 0 spiro atoms. The fourth-order valence-electron chi connectivity index (χ4n) is 3.33. The third-order valence-electron chi connectivity index (χ3n) is 4.92. The van der Waals surface area contributed by atoms with Crippen LogP contribution >= 0.6 is 11.8 Å². The van der Waals surface area contributed by atoms with Gasteiger partial charge >= 0.3 is 6.18 Å². The van der Waals surface area contributed by atoms with Crippen LogP contribution in [0.1, 0.15) is 30.0 Å². The number of amidine groups is 1. The number of likely N-dealkylation sites (tertiary alicyclic amines) is 1. The highest BCUT2D eigenvalue weighted by atomic mass is 32.2. The quantitative estimate of drug-likeness (QED) is 0.664. The molecule has 2 aliphatic rings. The summed E-state index contributed by atoms with van der Waals surface area (Å²) in [6.45, 7) is 2.51. The monoisotopic (exact) mass is 433 g/mol. The molecule has 0 aromatic heterocycles. The Kier molecular flexibility index (Phi) is 6.05. The van der Waals surface area contributed by atoms with E-state index in [4.69, 9.17) is 0 Å². The van der Waals surface area contributed by atoms with Crippen LogP contribution in [0.5, 0.6) is 0 Å². The van der Waals surface area contributed by atoms with E-state index in [0.717, 1.165) is 28.8 Å². The van der Waals surface area contributed by atoms with Crippen LogP contribution in [0.4, 0.5) is 26.7 Å². The summed E-state index contributed by atoms with van der Waals surface area (Å²) in [4.78, 5) is 18.1. The molecule has 0 saturated carbocycles. The second kappa shape index (κ2) is 8.06. The third-order valence-corrected chi connectivity index (χ3v) is 5.76. The molecule has 2 saturated heterocycles. The third kappa shape index (κ3) is 4.80. The van der Waals surface area contributed by atoms with Crippen LogP contribution in [0.2, 0.25) is 0 Å². The number of aliphatic imine (C=N–C) groups is 1. The van der Waals surface area contributed by atoms with Gasteiger partial charge in [-0.1, -0.05) is 19.1 Å². The summed E-state index contributed by atoms with van der Waals surface area (Å²) in [6.07, 6.45) is -3.34. The second-order valence-electron chi connectivity index (χ2n) is 7.00. The number of thioether (sulfide) groups is 1. The van der Waals surface area contributed by atoms with Crippen LogP contribution in [-0.4, -0.2) is 36.1 Å². The molecule has 10 heteroatoms. The van der Waals surface area contributed by atoms with Gasteiger partial charge in [-0.15, -0.1) is 0 Å². The summed E-state index contributed by atoms with van der Waals surface area (Å²) in [5.41, 5.74) is -1.45. The fraction of sp³-hybridized carbons (Fsp3) is 0.474. The van der Waals surface area contributed by atoms with Gasteiger partial charge in [-0.3, -0.25) is 14.7 Å². The molecule has 0 radical (unpaired) electrons. The molecule has 1 amide bonds. The molecule has 0 bridgehead atoms. The smallest absolute Gasteiger partial charge is 0.300 e. The summed E-state index contributed by atoms with van der Waals surface area (Å²) in [7, 11) is 1.57. The summed E-state index contributed by atoms with van der Waals surface area (Å²) in [5, 5.41) is 2.42. The Morgan fingerprint density at radius 1 is 1.28 bits per heavy atom. The predicted octanol–water partition coefficient (Wildman–Crippen LogP) is 5.01. The number of carbonyl (C=O) groups is 1. The van der Waals surface area contributed by atoms with Crippen molar-refractivity contribution < 1.29 is 26.7 Å². The van der Waals surface area contributed by atoms with Crippen molar-refractivity contribution in [1.29, 1.82) is 0 Å². The highest BCUT2D eigenvalue weighted by molar-refractivity contribution is 8.18. The van der Waals surface area contributed by atoms with Gasteiger partial charge in [0.25, 0.3) is 11.2 Å². The lowest BCUT2D eigenvalue weighted by Gasteiger charge is -2.38. The van der Waals surface area contributed by atoms with Gasteiger partial charge in [0.2, 0.25) is 0 Å². The van der Waals surface area contributed by atoms with Crippen molar-refractivity contribution in [3.8, 4) is 0 Å². The lowest BCUT2D eigenvalue weighted by molar-refractivity contribution is -0.137. The molecule has 0 unspecified atom stereocenters. The van der Waals surface area contributed by atoms with Gasteiger partial charge in [0.1, 0.15) is 5.84 Å². The number of hydrogen-bond acceptors (Lipinski definition) is 4. The topological polar surface area (TPSA) is 44.7 Å². The number of nitrogens with one attached hydrogen (secondary N) is 1. The summed E-state index contributed by atoms with van der Waals surface area (Å²) >= 11 is 1.05. The minimum atomic E-state index is -4.67. The number of carbonyl (C=O) groups excluding carboxylic acids is 1. The van der Waals surface area contributed by atoms with E-state index in [0.29, 0.717) is 25.0 Å². The van der Waals surface area contributed by atoms with Crippen LogP contribution in [0.25, 0.3) is 0 Å². The molecule has 0 aliphatic carbocycles. The molecule has 158 valence electrons. The van der Waals surface area contributed by atoms with Crippen LogP contribution in [0.3, 0.4) is 0 Å². The van der Waals surface area contributed by atoms with E-state index in [1.54, 1.807) is 7.05 Å². The molecule has 2 aliphatic heterocycles. The van der Waals surface area contributed by atoms with Gasteiger partial charge in [0, 0.05) is 44.6 Å². The van der Waals surface area contributed by atoms with Crippen molar-refractivity contribution in [2.45, 2.75) is 32.0 Å². The Labute approximate surface area is 169 Å². The summed E-state index contributed by atoms with van der Waals surface area (Å²) in [5.74, 6) is -2.71. The Morgan fingerprint density at radius 3 is 2.55 bits per heavy atom. The molecule has 4 nitrogen and oxygen atoms in total. The maximum atomic E-state index is 14.3. The minimum Gasteiger partial charge on any atom is -0.300 e. The SMILES string of the molecule is CCC(F)(F)c1cc(C(F)(F)F)ccc1CN1CC(/C=C2\SC(=O)NC2=NC)C1. The lowest BCUT2D eigenvalue weighted by Crippen LogP contribution is -2.45. The average Bonchev–Trinajstić information content (AvgIpc) is 2.98. The van der Waals surface area contributed by atoms with E-state index in [2.05, 4.69) is 10.3 Å². The van der Waals surface area contributed by atoms with Crippen LogP contribution in [0.15, 0.2) is 34.2 Å². The molecule has 1 N–H and O–H groups in total. The van der Waals surface area contributed by atoms with Crippen LogP contribution < -0.4 is 5.32 Å². The van der Waals surface area contributed by atoms with Gasteiger partial charge < -0.3 is 5.32 Å². The highest BCUT2D eigenvalue weighted by Crippen LogP contribution is 2.39. The largest absolute Gasteiger partial charge is 0.416 e. The van der Waals surface area contributed by atoms with Gasteiger partial charge in [-0.05, 0) is 29.5 Å². The average molecular weight is 433 g/mol. The Morgan fingerprint density at radius 2 is 1.97 bits per heavy atom. The summed E-state index contributed by atoms with van der Waals surface area (Å²) < 4.78 is 67.5. The zero-order chi connectivity index (χ0) is 21.4. The number of hydrogen-bond donors (Lipinski definition) is 1. The maximum absolute atomic E-state index is 14.3. The van der Waals surface area contributed by atoms with Crippen molar-refractivity contribution in [3.05, 3.63) is 45.9 Å². The first kappa shape index (κ1) is 21.8. The molecular weight excluding hydrogens is 413 g/mol. The van der Waals surface area contributed by atoms with Gasteiger partial charge in [0.15, 0.2) is 0 Å². The van der Waals surface area contributed by atoms with E-state index in [-0.39, 0.29) is 23.3 Å². The standard InChI is InChI=1S/C19H20F5N3OS/c1-3-18(20,21)14-7-13(19(22,23)24)5-4-12(14)10-27-8-11(9-27)6-15-16(25-2)26-17(28)29-15/h4-7,11H,3,8-10H2,1-2H3,(H,25,26,28)/b15-6-. The van der Waals surface area contributed by atoms with Crippen LogP contribution in [0, 0.1) is 5.92 Å². The normalized spacial score (nSPS) is 21.7. The van der Waals surface area contributed by atoms with Gasteiger partial charge in [-0.25, -0.2) is 8.78 Å². The number of benzene rings is 1. The van der Waals surface area contributed by atoms with Gasteiger partial charge in [-0.2, -0.15) is 13.2 Å². The Hall–Kier alpha value is -1.94. The zero-order valence-electron chi connectivity index (χ0n) is 15.8. The maximum Gasteiger partial charge on any atom is 0.416 e. The molecule has 0 atom stereocenters. The second-order valence-corrected chi connectivity index (χ2v) is 8.01. The highest BCUT2D eigenvalue weighted by Gasteiger charge is 2.38. The number of halogens is 5. The molecule has 1 aromatic carbocycles. The lowest BCUT2D eigenvalue weighted by atomic mass is 9.93. The Balaban J connectivity index is 1.72. The Bertz CT molecular complexity index is 860. The molecular formula is C19H20F5N3OS. The van der Waals surface area contributed by atoms with E-state index >= 15 is 0 Å². The van der Waals surface area contributed by atoms with Gasteiger partial charge in [0.05, 0.1) is 10.5 Å². The van der Waals surface area contributed by atoms with Crippen LogP contribution in [-0.2, 0) is 18.6 Å². The molecule has 1 aromatic rings. The molecule has 29 heavy (non-hydrogen) atoms. The number of alkyl halides is 5. The van der Waals surface area contributed by atoms with E-state index in [9.17, 15) is 26.7 Å². The predicted molar refractivity (Wildman–Crippen MR) is 102 cm³/mol. The zero-order valence-corrected chi connectivity index (χ0v) is 16.6. The fourth-order valence-corrected chi connectivity index (χ4v) is 4.18. The molecule has 2 fully saturated rings. The van der Waals surface area contributed by atoms with Crippen molar-refractivity contribution in [2.24, 2.45) is 10.9 Å². The van der Waals surface area contributed by atoms with Crippen molar-refractivity contribution in [2.75, 3.05) is 20.1 Å². The van der Waals surface area contributed by atoms with E-state index < -0.39 is 29.6 Å². The first-order valence-electron chi connectivity index (χ1n) is 9.02. The summed E-state index contributed by atoms with van der Waals surface area (Å²) in [6, 6.07) is 2.56. The van der Waals surface area contributed by atoms with Crippen molar-refractivity contribution in [3.63, 3.8) is 0 Å². The number of amides is 1. The van der Waals surface area contributed by atoms with Crippen molar-refractivity contribution in [1.82, 2.24) is 10.2 Å². The van der Waals surface area contributed by atoms with E-state index in [1.165, 1.54) is 6.92 Å². The molecule has 2 heterocycles. The first-order chi connectivity index (χ1) is 13.5. The number of nitrogens with zero attached hydrogens (tertiary/aromatic N) is 2. The molecule has 3 rings (SSSR count). The van der Waals surface area contributed by atoms with Crippen molar-refractivity contribution >= 4 is 22.8 Å². The first-order valence-corrected chi connectivity index (χ1v) is 9.83.